The zero-order valence-electron chi connectivity index (χ0n) is 8.50. The van der Waals surface area contributed by atoms with Crippen LogP contribution < -0.4 is 5.32 Å². The van der Waals surface area contributed by atoms with Crippen molar-refractivity contribution < 1.29 is 14.3 Å². The minimum Gasteiger partial charge on any atom is -0.457 e. The van der Waals surface area contributed by atoms with Gasteiger partial charge in [-0.15, -0.1) is 0 Å². The van der Waals surface area contributed by atoms with Crippen LogP contribution in [0, 0.1) is 5.92 Å². The third-order valence-electron chi connectivity index (χ3n) is 3.30. The predicted octanol–water partition coefficient (Wildman–Crippen LogP) is 0.607. The van der Waals surface area contributed by atoms with Crippen molar-refractivity contribution in [3.05, 3.63) is 0 Å². The van der Waals surface area contributed by atoms with Gasteiger partial charge in [0.1, 0.15) is 5.60 Å². The number of hydrogen-bond acceptors (Lipinski definition) is 3. The van der Waals surface area contributed by atoms with Gasteiger partial charge in [-0.2, -0.15) is 0 Å². The van der Waals surface area contributed by atoms with Gasteiger partial charge in [-0.3, -0.25) is 9.59 Å². The fourth-order valence-electron chi connectivity index (χ4n) is 2.40. The Morgan fingerprint density at radius 3 is 2.93 bits per heavy atom. The van der Waals surface area contributed by atoms with Gasteiger partial charge in [0, 0.05) is 6.42 Å². The summed E-state index contributed by atoms with van der Waals surface area (Å²) < 4.78 is 5.35. The van der Waals surface area contributed by atoms with E-state index in [1.54, 1.807) is 0 Å². The lowest BCUT2D eigenvalue weighted by atomic mass is 9.82. The van der Waals surface area contributed by atoms with Crippen LogP contribution in [0.3, 0.4) is 0 Å². The molecule has 2 aliphatic heterocycles. The highest BCUT2D eigenvalue weighted by Gasteiger charge is 2.54. The van der Waals surface area contributed by atoms with Crippen molar-refractivity contribution in [1.29, 1.82) is 0 Å². The number of fused-ring (bicyclic) bond motifs is 1. The van der Waals surface area contributed by atoms with E-state index >= 15 is 0 Å². The molecule has 1 N–H and O–H groups in total. The molecule has 0 spiro atoms. The molecule has 0 bridgehead atoms. The fraction of sp³-hybridized carbons (Fsp3) is 0.800. The maximum absolute atomic E-state index is 11.5. The highest BCUT2D eigenvalue weighted by molar-refractivity contribution is 5.83. The highest BCUT2D eigenvalue weighted by atomic mass is 16.6. The second-order valence-corrected chi connectivity index (χ2v) is 4.29. The molecular formula is C10H15NO3. The Bertz CT molecular complexity index is 289. The van der Waals surface area contributed by atoms with E-state index in [2.05, 4.69) is 5.32 Å². The van der Waals surface area contributed by atoms with Crippen molar-refractivity contribution >= 4 is 11.9 Å². The molecule has 4 heteroatoms. The normalized spacial score (nSPS) is 41.6. The number of esters is 1. The van der Waals surface area contributed by atoms with Gasteiger partial charge >= 0.3 is 5.97 Å². The smallest absolute Gasteiger partial charge is 0.311 e. The zero-order valence-corrected chi connectivity index (χ0v) is 8.50. The molecular weight excluding hydrogens is 182 g/mol. The van der Waals surface area contributed by atoms with Gasteiger partial charge in [-0.05, 0) is 19.8 Å². The van der Waals surface area contributed by atoms with Crippen molar-refractivity contribution in [1.82, 2.24) is 5.32 Å². The Labute approximate surface area is 83.0 Å². The first kappa shape index (κ1) is 9.49. The fourth-order valence-corrected chi connectivity index (χ4v) is 2.40. The van der Waals surface area contributed by atoms with E-state index in [-0.39, 0.29) is 23.8 Å². The molecule has 0 unspecified atom stereocenters. The van der Waals surface area contributed by atoms with Gasteiger partial charge in [-0.25, -0.2) is 0 Å². The maximum atomic E-state index is 11.5. The summed E-state index contributed by atoms with van der Waals surface area (Å²) in [5.74, 6) is -0.296. The monoisotopic (exact) mass is 197 g/mol. The molecule has 0 saturated carbocycles. The molecule has 3 atom stereocenters. The first-order valence-electron chi connectivity index (χ1n) is 5.09. The van der Waals surface area contributed by atoms with Gasteiger partial charge in [-0.1, -0.05) is 6.92 Å². The molecule has 1 amide bonds. The molecule has 0 aromatic heterocycles. The van der Waals surface area contributed by atoms with Crippen LogP contribution in [0.5, 0.6) is 0 Å². The highest BCUT2D eigenvalue weighted by Crippen LogP contribution is 2.38. The molecule has 2 rings (SSSR count). The average molecular weight is 197 g/mol. The minimum atomic E-state index is -0.467. The summed E-state index contributed by atoms with van der Waals surface area (Å²) in [6.45, 7) is 3.85. The number of nitrogens with one attached hydrogen (secondary N) is 1. The van der Waals surface area contributed by atoms with Crippen LogP contribution in [0.4, 0.5) is 0 Å². The van der Waals surface area contributed by atoms with E-state index in [0.717, 1.165) is 6.42 Å². The number of ether oxygens (including phenoxy) is 1. The zero-order chi connectivity index (χ0) is 10.3. The molecule has 0 radical (unpaired) electrons. The Hall–Kier alpha value is -1.06. The summed E-state index contributed by atoms with van der Waals surface area (Å²) >= 11 is 0. The summed E-state index contributed by atoms with van der Waals surface area (Å²) in [6.07, 6.45) is 1.82. The van der Waals surface area contributed by atoms with E-state index in [1.807, 2.05) is 13.8 Å². The number of carbonyl (C=O) groups is 2. The average Bonchev–Trinajstić information content (AvgIpc) is 2.36. The minimum absolute atomic E-state index is 0.0317. The van der Waals surface area contributed by atoms with Crippen LogP contribution in [0.15, 0.2) is 0 Å². The van der Waals surface area contributed by atoms with E-state index in [1.165, 1.54) is 0 Å². The van der Waals surface area contributed by atoms with E-state index < -0.39 is 5.60 Å². The van der Waals surface area contributed by atoms with Gasteiger partial charge < -0.3 is 10.1 Å². The number of rotatable bonds is 1. The second kappa shape index (κ2) is 2.97. The standard InChI is InChI=1S/C10H15NO3/c1-3-6-8-10(2,14-9(6)13)5-4-7(12)11-8/h6,8H,3-5H2,1-2H3,(H,11,12)/t6-,8-,10-/m1/s1. The Morgan fingerprint density at radius 2 is 2.29 bits per heavy atom. The van der Waals surface area contributed by atoms with Gasteiger partial charge in [0.2, 0.25) is 5.91 Å². The molecule has 14 heavy (non-hydrogen) atoms. The first-order valence-corrected chi connectivity index (χ1v) is 5.09. The Kier molecular flexibility index (Phi) is 2.01. The third kappa shape index (κ3) is 1.21. The second-order valence-electron chi connectivity index (χ2n) is 4.29. The van der Waals surface area contributed by atoms with Gasteiger partial charge in [0.25, 0.3) is 0 Å². The summed E-state index contributed by atoms with van der Waals surface area (Å²) in [5.41, 5.74) is -0.467. The quantitative estimate of drug-likeness (QED) is 0.626. The SMILES string of the molecule is CC[C@H]1C(=O)O[C@]2(C)CCC(=O)N[C@H]12. The van der Waals surface area contributed by atoms with Crippen molar-refractivity contribution in [2.24, 2.45) is 5.92 Å². The molecule has 0 aromatic carbocycles. The summed E-state index contributed by atoms with van der Waals surface area (Å²) in [6, 6.07) is -0.124. The number of piperidine rings is 1. The molecule has 2 aliphatic rings. The summed E-state index contributed by atoms with van der Waals surface area (Å²) in [5, 5.41) is 2.87. The van der Waals surface area contributed by atoms with Gasteiger partial charge in [0.05, 0.1) is 12.0 Å². The van der Waals surface area contributed by atoms with Crippen molar-refractivity contribution in [3.8, 4) is 0 Å². The van der Waals surface area contributed by atoms with Crippen LogP contribution in [0.2, 0.25) is 0 Å². The van der Waals surface area contributed by atoms with Crippen molar-refractivity contribution in [2.45, 2.75) is 44.8 Å². The van der Waals surface area contributed by atoms with Gasteiger partial charge in [0.15, 0.2) is 0 Å². The Balaban J connectivity index is 2.26. The molecule has 0 aromatic rings. The molecule has 78 valence electrons. The summed E-state index contributed by atoms with van der Waals surface area (Å²) in [7, 11) is 0. The third-order valence-corrected chi connectivity index (χ3v) is 3.30. The molecule has 2 saturated heterocycles. The van der Waals surface area contributed by atoms with Crippen LogP contribution >= 0.6 is 0 Å². The van der Waals surface area contributed by atoms with Crippen LogP contribution in [0.1, 0.15) is 33.1 Å². The van der Waals surface area contributed by atoms with E-state index in [0.29, 0.717) is 12.8 Å². The lowest BCUT2D eigenvalue weighted by molar-refractivity contribution is -0.152. The first-order chi connectivity index (χ1) is 6.57. The predicted molar refractivity (Wildman–Crippen MR) is 49.4 cm³/mol. The van der Waals surface area contributed by atoms with Crippen LogP contribution in [-0.2, 0) is 14.3 Å². The number of amides is 1. The van der Waals surface area contributed by atoms with E-state index in [4.69, 9.17) is 4.74 Å². The van der Waals surface area contributed by atoms with E-state index in [9.17, 15) is 9.59 Å². The molecule has 0 aliphatic carbocycles. The molecule has 4 nitrogen and oxygen atoms in total. The molecule has 2 fully saturated rings. The molecule has 2 heterocycles. The number of hydrogen-bond donors (Lipinski definition) is 1. The van der Waals surface area contributed by atoms with Crippen LogP contribution in [-0.4, -0.2) is 23.5 Å². The summed E-state index contributed by atoms with van der Waals surface area (Å²) in [4.78, 5) is 22.7. The van der Waals surface area contributed by atoms with Crippen molar-refractivity contribution in [2.75, 3.05) is 0 Å². The topological polar surface area (TPSA) is 55.4 Å². The van der Waals surface area contributed by atoms with Crippen LogP contribution in [0.25, 0.3) is 0 Å². The Morgan fingerprint density at radius 1 is 1.57 bits per heavy atom. The largest absolute Gasteiger partial charge is 0.457 e. The lowest BCUT2D eigenvalue weighted by Gasteiger charge is -2.35. The number of carbonyl (C=O) groups excluding carboxylic acids is 2. The van der Waals surface area contributed by atoms with Crippen molar-refractivity contribution in [3.63, 3.8) is 0 Å². The maximum Gasteiger partial charge on any atom is 0.311 e. The lowest BCUT2D eigenvalue weighted by Crippen LogP contribution is -2.55.